The molecule has 0 saturated heterocycles. The molecule has 0 aliphatic carbocycles. The minimum atomic E-state index is -0.335. The van der Waals surface area contributed by atoms with Crippen LogP contribution in [0.5, 0.6) is 0 Å². The SMILES string of the molecule is CSC1=NCC(/C(=C\N)CCO)C(=O)N1. The zero-order valence-corrected chi connectivity index (χ0v) is 9.38. The van der Waals surface area contributed by atoms with Crippen LogP contribution in [0, 0.1) is 5.92 Å². The number of amides is 1. The van der Waals surface area contributed by atoms with Crippen molar-refractivity contribution in [3.8, 4) is 0 Å². The molecular weight excluding hydrogens is 214 g/mol. The van der Waals surface area contributed by atoms with Crippen LogP contribution in [-0.2, 0) is 4.79 Å². The lowest BCUT2D eigenvalue weighted by molar-refractivity contribution is -0.122. The monoisotopic (exact) mass is 229 g/mol. The van der Waals surface area contributed by atoms with E-state index in [1.807, 2.05) is 6.26 Å². The Kier molecular flexibility index (Phi) is 4.64. The first-order valence-electron chi connectivity index (χ1n) is 4.63. The fraction of sp³-hybridized carbons (Fsp3) is 0.556. The van der Waals surface area contributed by atoms with Crippen LogP contribution in [0.15, 0.2) is 16.8 Å². The van der Waals surface area contributed by atoms with E-state index < -0.39 is 0 Å². The third-order valence-corrected chi connectivity index (χ3v) is 2.84. The number of nitrogens with one attached hydrogen (secondary N) is 1. The van der Waals surface area contributed by atoms with Gasteiger partial charge < -0.3 is 16.2 Å². The van der Waals surface area contributed by atoms with Crippen LogP contribution >= 0.6 is 11.8 Å². The number of nitrogens with two attached hydrogens (primary N) is 1. The van der Waals surface area contributed by atoms with Crippen molar-refractivity contribution >= 4 is 22.8 Å². The molecule has 0 aromatic carbocycles. The summed E-state index contributed by atoms with van der Waals surface area (Å²) in [5.41, 5.74) is 6.15. The van der Waals surface area contributed by atoms with Crippen molar-refractivity contribution in [1.29, 1.82) is 0 Å². The summed E-state index contributed by atoms with van der Waals surface area (Å²) in [6.07, 6.45) is 3.66. The second-order valence-corrected chi connectivity index (χ2v) is 3.90. The average molecular weight is 229 g/mol. The Bertz CT molecular complexity index is 302. The highest BCUT2D eigenvalue weighted by Crippen LogP contribution is 2.18. The third kappa shape index (κ3) is 2.97. The molecule has 84 valence electrons. The number of aliphatic hydroxyl groups excluding tert-OH is 1. The smallest absolute Gasteiger partial charge is 0.235 e. The standard InChI is InChI=1S/C9H15N3O2S/c1-15-9-11-5-7(8(14)12-9)6(4-10)2-3-13/h4,7,13H,2-3,5,10H2,1H3,(H,11,12,14)/b6-4-. The average Bonchev–Trinajstić information content (AvgIpc) is 2.26. The van der Waals surface area contributed by atoms with E-state index in [1.165, 1.54) is 18.0 Å². The second kappa shape index (κ2) is 5.77. The van der Waals surface area contributed by atoms with Crippen LogP contribution in [0.25, 0.3) is 0 Å². The predicted molar refractivity (Wildman–Crippen MR) is 61.4 cm³/mol. The van der Waals surface area contributed by atoms with E-state index >= 15 is 0 Å². The summed E-state index contributed by atoms with van der Waals surface area (Å²) in [5.74, 6) is -0.433. The first-order valence-corrected chi connectivity index (χ1v) is 5.86. The molecule has 0 aromatic rings. The van der Waals surface area contributed by atoms with Crippen LogP contribution in [0.1, 0.15) is 6.42 Å². The Morgan fingerprint density at radius 3 is 3.07 bits per heavy atom. The van der Waals surface area contributed by atoms with E-state index in [1.54, 1.807) is 0 Å². The van der Waals surface area contributed by atoms with Crippen molar-refractivity contribution in [2.24, 2.45) is 16.6 Å². The van der Waals surface area contributed by atoms with Crippen molar-refractivity contribution in [3.05, 3.63) is 11.8 Å². The van der Waals surface area contributed by atoms with Crippen LogP contribution in [-0.4, -0.2) is 35.6 Å². The van der Waals surface area contributed by atoms with Gasteiger partial charge in [0.25, 0.3) is 0 Å². The number of rotatable bonds is 3. The third-order valence-electron chi connectivity index (χ3n) is 2.22. The van der Waals surface area contributed by atoms with Gasteiger partial charge in [-0.2, -0.15) is 0 Å². The maximum Gasteiger partial charge on any atom is 0.235 e. The molecule has 0 radical (unpaired) electrons. The summed E-state index contributed by atoms with van der Waals surface area (Å²) < 4.78 is 0. The molecule has 0 spiro atoms. The summed E-state index contributed by atoms with van der Waals surface area (Å²) >= 11 is 1.40. The molecule has 0 aromatic heterocycles. The van der Waals surface area contributed by atoms with E-state index in [0.717, 1.165) is 5.57 Å². The Morgan fingerprint density at radius 1 is 1.87 bits per heavy atom. The number of aliphatic imine (C=N–C) groups is 1. The molecule has 1 heterocycles. The molecule has 5 nitrogen and oxygen atoms in total. The topological polar surface area (TPSA) is 87.7 Å². The molecule has 1 aliphatic rings. The number of amidine groups is 1. The number of hydrogen-bond acceptors (Lipinski definition) is 5. The van der Waals surface area contributed by atoms with Gasteiger partial charge in [0.1, 0.15) is 0 Å². The zero-order chi connectivity index (χ0) is 11.3. The van der Waals surface area contributed by atoms with E-state index in [0.29, 0.717) is 18.1 Å². The van der Waals surface area contributed by atoms with Gasteiger partial charge in [0.05, 0.1) is 12.5 Å². The molecule has 1 aliphatic heterocycles. The lowest BCUT2D eigenvalue weighted by atomic mass is 9.96. The Morgan fingerprint density at radius 2 is 2.60 bits per heavy atom. The van der Waals surface area contributed by atoms with Gasteiger partial charge in [-0.25, -0.2) is 0 Å². The van der Waals surface area contributed by atoms with Gasteiger partial charge in [0.2, 0.25) is 5.91 Å². The molecule has 0 bridgehead atoms. The highest BCUT2D eigenvalue weighted by molar-refractivity contribution is 8.13. The molecule has 1 atom stereocenters. The Labute approximate surface area is 92.8 Å². The molecule has 0 saturated carbocycles. The summed E-state index contributed by atoms with van der Waals surface area (Å²) in [4.78, 5) is 15.9. The van der Waals surface area contributed by atoms with Crippen LogP contribution in [0.4, 0.5) is 0 Å². The molecule has 4 N–H and O–H groups in total. The quantitative estimate of drug-likeness (QED) is 0.618. The number of carbonyl (C=O) groups is 1. The molecule has 0 fully saturated rings. The first-order chi connectivity index (χ1) is 7.22. The zero-order valence-electron chi connectivity index (χ0n) is 8.56. The molecular formula is C9H15N3O2S. The molecule has 15 heavy (non-hydrogen) atoms. The predicted octanol–water partition coefficient (Wildman–Crippen LogP) is -0.324. The minimum Gasteiger partial charge on any atom is -0.405 e. The highest BCUT2D eigenvalue weighted by atomic mass is 32.2. The maximum absolute atomic E-state index is 11.7. The molecule has 6 heteroatoms. The molecule has 1 amide bonds. The van der Waals surface area contributed by atoms with Gasteiger partial charge in [-0.1, -0.05) is 11.8 Å². The van der Waals surface area contributed by atoms with E-state index in [9.17, 15) is 4.79 Å². The summed E-state index contributed by atoms with van der Waals surface area (Å²) in [7, 11) is 0. The number of aliphatic hydroxyl groups is 1. The first kappa shape index (κ1) is 12.1. The normalized spacial score (nSPS) is 22.3. The van der Waals surface area contributed by atoms with Crippen LogP contribution in [0.2, 0.25) is 0 Å². The number of hydrogen-bond donors (Lipinski definition) is 3. The van der Waals surface area contributed by atoms with Gasteiger partial charge in [0.15, 0.2) is 5.17 Å². The van der Waals surface area contributed by atoms with Crippen molar-refractivity contribution in [2.45, 2.75) is 6.42 Å². The highest BCUT2D eigenvalue weighted by Gasteiger charge is 2.26. The van der Waals surface area contributed by atoms with E-state index in [2.05, 4.69) is 10.3 Å². The number of nitrogens with zero attached hydrogens (tertiary/aromatic N) is 1. The van der Waals surface area contributed by atoms with Crippen molar-refractivity contribution in [2.75, 3.05) is 19.4 Å². The largest absolute Gasteiger partial charge is 0.405 e. The Balaban J connectivity index is 2.72. The number of thioether (sulfide) groups is 1. The second-order valence-electron chi connectivity index (χ2n) is 3.11. The van der Waals surface area contributed by atoms with Gasteiger partial charge >= 0.3 is 0 Å². The van der Waals surface area contributed by atoms with Crippen LogP contribution in [0.3, 0.4) is 0 Å². The summed E-state index contributed by atoms with van der Waals surface area (Å²) in [6.45, 7) is 0.400. The van der Waals surface area contributed by atoms with Crippen LogP contribution < -0.4 is 11.1 Å². The summed E-state index contributed by atoms with van der Waals surface area (Å²) in [6, 6.07) is 0. The van der Waals surface area contributed by atoms with Gasteiger partial charge in [-0.15, -0.1) is 0 Å². The van der Waals surface area contributed by atoms with Gasteiger partial charge in [-0.05, 0) is 24.4 Å². The molecule has 1 unspecified atom stereocenters. The van der Waals surface area contributed by atoms with E-state index in [4.69, 9.17) is 10.8 Å². The fourth-order valence-electron chi connectivity index (χ4n) is 1.39. The fourth-order valence-corrected chi connectivity index (χ4v) is 1.80. The maximum atomic E-state index is 11.7. The van der Waals surface area contributed by atoms with Crippen molar-refractivity contribution < 1.29 is 9.90 Å². The summed E-state index contributed by atoms with van der Waals surface area (Å²) in [5, 5.41) is 12.1. The lowest BCUT2D eigenvalue weighted by Gasteiger charge is -2.22. The lowest BCUT2D eigenvalue weighted by Crippen LogP contribution is -2.41. The van der Waals surface area contributed by atoms with Crippen molar-refractivity contribution in [3.63, 3.8) is 0 Å². The van der Waals surface area contributed by atoms with E-state index in [-0.39, 0.29) is 18.4 Å². The van der Waals surface area contributed by atoms with Gasteiger partial charge in [0, 0.05) is 6.61 Å². The van der Waals surface area contributed by atoms with Gasteiger partial charge in [-0.3, -0.25) is 9.79 Å². The molecule has 1 rings (SSSR count). The number of carbonyl (C=O) groups excluding carboxylic acids is 1. The Hall–Kier alpha value is -1.01. The minimum absolute atomic E-state index is 0.00802. The van der Waals surface area contributed by atoms with Crippen molar-refractivity contribution in [1.82, 2.24) is 5.32 Å².